The van der Waals surface area contributed by atoms with Crippen LogP contribution in [0.2, 0.25) is 0 Å². The highest BCUT2D eigenvalue weighted by atomic mass is 31.2. The van der Waals surface area contributed by atoms with Gasteiger partial charge >= 0.3 is 7.94 Å². The molecule has 0 aromatic rings. The fourth-order valence-electron chi connectivity index (χ4n) is 1.45. The summed E-state index contributed by atoms with van der Waals surface area (Å²) in [6.07, 6.45) is 0. The normalized spacial score (nSPS) is 43.2. The first kappa shape index (κ1) is 8.85. The fraction of sp³-hybridized carbons (Fsp3) is 1.00. The monoisotopic (exact) mass is 192 g/mol. The van der Waals surface area contributed by atoms with Gasteiger partial charge < -0.3 is 0 Å². The molecule has 0 amide bonds. The minimum atomic E-state index is -1.92. The zero-order valence-electron chi connectivity index (χ0n) is 7.36. The average Bonchev–Trinajstić information content (AvgIpc) is 1.93. The third-order valence-corrected chi connectivity index (χ3v) is 4.15. The van der Waals surface area contributed by atoms with Gasteiger partial charge in [-0.25, -0.2) is 0 Å². The molecule has 3 heterocycles. The first-order valence-corrected chi connectivity index (χ1v) is 6.30. The molecule has 12 heavy (non-hydrogen) atoms. The standard InChI is InChI=1S/C7H15NO3P/c1-12-9-5-2-8(3-6-10-12)4-7-11-12/h2-7H2,1H3/q+1. The Labute approximate surface area is 73.4 Å². The van der Waals surface area contributed by atoms with Crippen molar-refractivity contribution in [2.75, 3.05) is 46.1 Å². The van der Waals surface area contributed by atoms with Gasteiger partial charge in [-0.1, -0.05) is 0 Å². The van der Waals surface area contributed by atoms with Gasteiger partial charge in [-0.15, -0.1) is 0 Å². The van der Waals surface area contributed by atoms with Crippen LogP contribution in [0.1, 0.15) is 0 Å². The molecule has 0 spiro atoms. The highest BCUT2D eigenvalue weighted by molar-refractivity contribution is 7.60. The van der Waals surface area contributed by atoms with Gasteiger partial charge in [-0.05, 0) is 0 Å². The molecule has 0 N–H and O–H groups in total. The number of hydrogen-bond acceptors (Lipinski definition) is 4. The zero-order valence-corrected chi connectivity index (χ0v) is 8.26. The summed E-state index contributed by atoms with van der Waals surface area (Å²) in [5.74, 6) is 0. The molecule has 2 bridgehead atoms. The first-order chi connectivity index (χ1) is 5.79. The predicted molar refractivity (Wildman–Crippen MR) is 47.1 cm³/mol. The van der Waals surface area contributed by atoms with Crippen LogP contribution in [0.5, 0.6) is 0 Å². The largest absolute Gasteiger partial charge is 0.408 e. The molecule has 70 valence electrons. The summed E-state index contributed by atoms with van der Waals surface area (Å²) in [7, 11) is -1.92. The van der Waals surface area contributed by atoms with Gasteiger partial charge in [0.25, 0.3) is 0 Å². The predicted octanol–water partition coefficient (Wildman–Crippen LogP) is 0.758. The molecule has 0 aromatic heterocycles. The number of fused-ring (bicyclic) bond motifs is 6. The molecule has 0 unspecified atom stereocenters. The first-order valence-electron chi connectivity index (χ1n) is 4.31. The SMILES string of the molecule is C[P+]12OCCN(CCO1)CCO2. The number of nitrogens with zero attached hydrogens (tertiary/aromatic N) is 1. The van der Waals surface area contributed by atoms with Gasteiger partial charge in [-0.3, -0.25) is 4.90 Å². The third kappa shape index (κ3) is 1.95. The topological polar surface area (TPSA) is 30.9 Å². The quantitative estimate of drug-likeness (QED) is 0.530. The van der Waals surface area contributed by atoms with Gasteiger partial charge in [0.15, 0.2) is 0 Å². The molecule has 4 nitrogen and oxygen atoms in total. The van der Waals surface area contributed by atoms with Crippen molar-refractivity contribution in [3.05, 3.63) is 0 Å². The van der Waals surface area contributed by atoms with E-state index in [1.165, 1.54) is 0 Å². The smallest absolute Gasteiger partial charge is 0.296 e. The Kier molecular flexibility index (Phi) is 2.63. The summed E-state index contributed by atoms with van der Waals surface area (Å²) in [4.78, 5) is 2.31. The molecule has 5 heteroatoms. The average molecular weight is 192 g/mol. The lowest BCUT2D eigenvalue weighted by Gasteiger charge is -2.30. The second-order valence-corrected chi connectivity index (χ2v) is 5.43. The third-order valence-electron chi connectivity index (χ3n) is 2.20. The van der Waals surface area contributed by atoms with Crippen molar-refractivity contribution in [3.8, 4) is 0 Å². The molecule has 3 aliphatic rings. The second-order valence-electron chi connectivity index (χ2n) is 3.11. The summed E-state index contributed by atoms with van der Waals surface area (Å²) >= 11 is 0. The van der Waals surface area contributed by atoms with Crippen LogP contribution in [0.15, 0.2) is 0 Å². The van der Waals surface area contributed by atoms with E-state index in [9.17, 15) is 0 Å². The van der Waals surface area contributed by atoms with Crippen molar-refractivity contribution in [2.45, 2.75) is 0 Å². The lowest BCUT2D eigenvalue weighted by Crippen LogP contribution is -2.38. The summed E-state index contributed by atoms with van der Waals surface area (Å²) in [5.41, 5.74) is 0. The minimum Gasteiger partial charge on any atom is -0.296 e. The lowest BCUT2D eigenvalue weighted by atomic mass is 10.4. The van der Waals surface area contributed by atoms with E-state index in [-0.39, 0.29) is 0 Å². The Bertz CT molecular complexity index is 140. The van der Waals surface area contributed by atoms with Crippen LogP contribution >= 0.6 is 7.94 Å². The Morgan fingerprint density at radius 3 is 1.75 bits per heavy atom. The highest BCUT2D eigenvalue weighted by Crippen LogP contribution is 2.59. The lowest BCUT2D eigenvalue weighted by molar-refractivity contribution is 0.0489. The van der Waals surface area contributed by atoms with E-state index in [1.807, 2.05) is 6.66 Å². The molecule has 0 radical (unpaired) electrons. The maximum Gasteiger partial charge on any atom is 0.408 e. The molecule has 3 saturated heterocycles. The van der Waals surface area contributed by atoms with Crippen LogP contribution in [0.25, 0.3) is 0 Å². The van der Waals surface area contributed by atoms with Gasteiger partial charge in [0, 0.05) is 19.6 Å². The van der Waals surface area contributed by atoms with E-state index in [1.54, 1.807) is 0 Å². The molecule has 0 saturated carbocycles. The second kappa shape index (κ2) is 3.56. The van der Waals surface area contributed by atoms with Gasteiger partial charge in [0.05, 0.1) is 0 Å². The van der Waals surface area contributed by atoms with Crippen molar-refractivity contribution in [2.24, 2.45) is 0 Å². The van der Waals surface area contributed by atoms with Crippen molar-refractivity contribution in [3.63, 3.8) is 0 Å². The van der Waals surface area contributed by atoms with Crippen LogP contribution in [-0.2, 0) is 13.6 Å². The molecular weight excluding hydrogens is 177 g/mol. The van der Waals surface area contributed by atoms with Crippen LogP contribution in [0.4, 0.5) is 0 Å². The summed E-state index contributed by atoms with van der Waals surface area (Å²) < 4.78 is 16.7. The van der Waals surface area contributed by atoms with E-state index in [4.69, 9.17) is 13.6 Å². The van der Waals surface area contributed by atoms with Gasteiger partial charge in [0.2, 0.25) is 0 Å². The highest BCUT2D eigenvalue weighted by Gasteiger charge is 2.41. The van der Waals surface area contributed by atoms with Crippen LogP contribution in [0.3, 0.4) is 0 Å². The molecule has 0 aromatic carbocycles. The Morgan fingerprint density at radius 1 is 0.917 bits per heavy atom. The summed E-state index contributed by atoms with van der Waals surface area (Å²) in [5, 5.41) is 0. The number of hydrogen-bond donors (Lipinski definition) is 0. The summed E-state index contributed by atoms with van der Waals surface area (Å²) in [6.45, 7) is 7.22. The Balaban J connectivity index is 2.06. The van der Waals surface area contributed by atoms with E-state index in [0.29, 0.717) is 0 Å². The van der Waals surface area contributed by atoms with Crippen LogP contribution in [0, 0.1) is 0 Å². The minimum absolute atomic E-state index is 0.740. The van der Waals surface area contributed by atoms with Gasteiger partial charge in [0.1, 0.15) is 26.5 Å². The van der Waals surface area contributed by atoms with Gasteiger partial charge in [-0.2, -0.15) is 13.6 Å². The molecule has 3 rings (SSSR count). The maximum absolute atomic E-state index is 5.57. The van der Waals surface area contributed by atoms with E-state index < -0.39 is 7.94 Å². The summed E-state index contributed by atoms with van der Waals surface area (Å²) in [6, 6.07) is 0. The van der Waals surface area contributed by atoms with Crippen molar-refractivity contribution in [1.82, 2.24) is 4.90 Å². The number of rotatable bonds is 0. The molecule has 3 fully saturated rings. The fourth-order valence-corrected chi connectivity index (χ4v) is 2.92. The molecular formula is C7H15NO3P+. The zero-order chi connectivity index (χ0) is 8.44. The Hall–Kier alpha value is 0.270. The van der Waals surface area contributed by atoms with Crippen LogP contribution < -0.4 is 0 Å². The molecule has 3 aliphatic heterocycles. The Morgan fingerprint density at radius 2 is 1.33 bits per heavy atom. The van der Waals surface area contributed by atoms with Crippen molar-refractivity contribution < 1.29 is 13.6 Å². The molecule has 0 aliphatic carbocycles. The molecule has 0 atom stereocenters. The van der Waals surface area contributed by atoms with E-state index >= 15 is 0 Å². The van der Waals surface area contributed by atoms with E-state index in [2.05, 4.69) is 4.90 Å². The van der Waals surface area contributed by atoms with E-state index in [0.717, 1.165) is 39.5 Å². The van der Waals surface area contributed by atoms with Crippen LogP contribution in [-0.4, -0.2) is 51.0 Å². The maximum atomic E-state index is 5.57. The van der Waals surface area contributed by atoms with Crippen molar-refractivity contribution >= 4 is 7.94 Å². The van der Waals surface area contributed by atoms with Crippen molar-refractivity contribution in [1.29, 1.82) is 0 Å².